The first-order valence-corrected chi connectivity index (χ1v) is 9.92. The number of halogens is 1. The molecule has 0 radical (unpaired) electrons. The second-order valence-corrected chi connectivity index (χ2v) is 7.48. The maximum absolute atomic E-state index is 5.90. The van der Waals surface area contributed by atoms with Crippen LogP contribution in [0.3, 0.4) is 0 Å². The van der Waals surface area contributed by atoms with Crippen molar-refractivity contribution in [2.24, 2.45) is 0 Å². The van der Waals surface area contributed by atoms with Crippen LogP contribution in [-0.4, -0.2) is 14.8 Å². The van der Waals surface area contributed by atoms with Gasteiger partial charge in [0.25, 0.3) is 0 Å². The van der Waals surface area contributed by atoms with Gasteiger partial charge in [0.05, 0.1) is 0 Å². The number of nitrogens with zero attached hydrogens (tertiary/aromatic N) is 3. The van der Waals surface area contributed by atoms with Gasteiger partial charge in [-0.15, -0.1) is 10.2 Å². The zero-order chi connectivity index (χ0) is 18.5. The van der Waals surface area contributed by atoms with E-state index >= 15 is 0 Å². The lowest BCUT2D eigenvalue weighted by Crippen LogP contribution is -2.07. The van der Waals surface area contributed by atoms with Crippen LogP contribution in [0.1, 0.15) is 29.4 Å². The molecule has 0 saturated heterocycles. The number of aromatic nitrogens is 3. The topological polar surface area (TPSA) is 39.9 Å². The maximum Gasteiger partial charge on any atom is 0.191 e. The molecule has 1 aromatic heterocycles. The third-order valence-corrected chi connectivity index (χ3v) is 5.42. The molecule has 0 fully saturated rings. The molecule has 0 aliphatic rings. The van der Waals surface area contributed by atoms with E-state index in [0.717, 1.165) is 29.0 Å². The SMILES string of the molecule is CCn1c(COc2ccc(Cl)cc2)nnc1SCc1cc(C)ccc1C. The van der Waals surface area contributed by atoms with Gasteiger partial charge in [-0.05, 0) is 56.2 Å². The summed E-state index contributed by atoms with van der Waals surface area (Å²) in [4.78, 5) is 0. The molecule has 26 heavy (non-hydrogen) atoms. The summed E-state index contributed by atoms with van der Waals surface area (Å²) in [5, 5.41) is 10.3. The largest absolute Gasteiger partial charge is 0.486 e. The summed E-state index contributed by atoms with van der Waals surface area (Å²) in [6.07, 6.45) is 0. The van der Waals surface area contributed by atoms with E-state index in [2.05, 4.69) is 53.7 Å². The van der Waals surface area contributed by atoms with E-state index in [1.165, 1.54) is 16.7 Å². The summed E-state index contributed by atoms with van der Waals surface area (Å²) in [7, 11) is 0. The number of hydrogen-bond donors (Lipinski definition) is 0. The Labute approximate surface area is 163 Å². The Morgan fingerprint density at radius 2 is 1.85 bits per heavy atom. The first kappa shape index (κ1) is 18.8. The summed E-state index contributed by atoms with van der Waals surface area (Å²) in [5.74, 6) is 2.47. The molecule has 6 heteroatoms. The molecule has 3 rings (SSSR count). The second-order valence-electron chi connectivity index (χ2n) is 6.10. The minimum atomic E-state index is 0.381. The quantitative estimate of drug-likeness (QED) is 0.506. The summed E-state index contributed by atoms with van der Waals surface area (Å²) in [6, 6.07) is 13.9. The highest BCUT2D eigenvalue weighted by Gasteiger charge is 2.13. The van der Waals surface area contributed by atoms with Crippen LogP contribution in [0.4, 0.5) is 0 Å². The molecule has 0 aliphatic heterocycles. The van der Waals surface area contributed by atoms with Crippen molar-refractivity contribution in [1.29, 1.82) is 0 Å². The predicted octanol–water partition coefficient (Wildman–Crippen LogP) is 5.44. The predicted molar refractivity (Wildman–Crippen MR) is 107 cm³/mol. The molecule has 0 saturated carbocycles. The van der Waals surface area contributed by atoms with Crippen molar-refractivity contribution in [2.45, 2.75) is 44.8 Å². The molecule has 1 heterocycles. The van der Waals surface area contributed by atoms with Crippen molar-refractivity contribution in [3.05, 3.63) is 70.0 Å². The molecule has 2 aromatic carbocycles. The van der Waals surface area contributed by atoms with E-state index in [4.69, 9.17) is 16.3 Å². The van der Waals surface area contributed by atoms with E-state index in [1.54, 1.807) is 11.8 Å². The lowest BCUT2D eigenvalue weighted by atomic mass is 10.1. The number of benzene rings is 2. The first-order chi connectivity index (χ1) is 12.6. The molecule has 0 unspecified atom stereocenters. The Morgan fingerprint density at radius 3 is 2.58 bits per heavy atom. The molecule has 0 atom stereocenters. The molecule has 3 aromatic rings. The molecule has 0 aliphatic carbocycles. The monoisotopic (exact) mass is 387 g/mol. The normalized spacial score (nSPS) is 10.9. The van der Waals surface area contributed by atoms with Gasteiger partial charge in [-0.1, -0.05) is 47.1 Å². The van der Waals surface area contributed by atoms with E-state index in [1.807, 2.05) is 24.3 Å². The molecule has 0 spiro atoms. The summed E-state index contributed by atoms with van der Waals surface area (Å²) >= 11 is 7.61. The molecule has 0 N–H and O–H groups in total. The fourth-order valence-electron chi connectivity index (χ4n) is 2.63. The first-order valence-electron chi connectivity index (χ1n) is 8.56. The average Bonchev–Trinajstić information content (AvgIpc) is 3.04. The third kappa shape index (κ3) is 4.59. The lowest BCUT2D eigenvalue weighted by Gasteiger charge is -2.10. The standard InChI is InChI=1S/C20H22ClN3OS/c1-4-24-19(12-25-18-9-7-17(21)8-10-18)22-23-20(24)26-13-16-11-14(2)5-6-15(16)3/h5-11H,4,12-13H2,1-3H3. The van der Waals surface area contributed by atoms with Gasteiger partial charge in [0.1, 0.15) is 12.4 Å². The number of aryl methyl sites for hydroxylation is 2. The molecule has 0 amide bonds. The molecule has 136 valence electrons. The fourth-order valence-corrected chi connectivity index (χ4v) is 3.84. The minimum absolute atomic E-state index is 0.381. The van der Waals surface area contributed by atoms with Crippen molar-refractivity contribution in [2.75, 3.05) is 0 Å². The van der Waals surface area contributed by atoms with Crippen LogP contribution in [0.2, 0.25) is 5.02 Å². The van der Waals surface area contributed by atoms with Crippen molar-refractivity contribution >= 4 is 23.4 Å². The molecular weight excluding hydrogens is 366 g/mol. The van der Waals surface area contributed by atoms with E-state index in [-0.39, 0.29) is 0 Å². The van der Waals surface area contributed by atoms with Gasteiger partial charge in [-0.25, -0.2) is 0 Å². The summed E-state index contributed by atoms with van der Waals surface area (Å²) < 4.78 is 7.91. The van der Waals surface area contributed by atoms with Crippen LogP contribution in [0.25, 0.3) is 0 Å². The highest BCUT2D eigenvalue weighted by molar-refractivity contribution is 7.98. The van der Waals surface area contributed by atoms with Crippen LogP contribution in [-0.2, 0) is 18.9 Å². The lowest BCUT2D eigenvalue weighted by molar-refractivity contribution is 0.288. The van der Waals surface area contributed by atoms with Crippen molar-refractivity contribution in [3.63, 3.8) is 0 Å². The van der Waals surface area contributed by atoms with E-state index in [9.17, 15) is 0 Å². The molecular formula is C20H22ClN3OS. The fraction of sp³-hybridized carbons (Fsp3) is 0.300. The van der Waals surface area contributed by atoms with Crippen LogP contribution in [0.15, 0.2) is 47.6 Å². The Kier molecular flexibility index (Phi) is 6.22. The van der Waals surface area contributed by atoms with Crippen molar-refractivity contribution in [3.8, 4) is 5.75 Å². The smallest absolute Gasteiger partial charge is 0.191 e. The van der Waals surface area contributed by atoms with Crippen molar-refractivity contribution in [1.82, 2.24) is 14.8 Å². The average molecular weight is 388 g/mol. The van der Waals surface area contributed by atoms with Gasteiger partial charge in [0.15, 0.2) is 11.0 Å². The highest BCUT2D eigenvalue weighted by Crippen LogP contribution is 2.25. The van der Waals surface area contributed by atoms with Crippen LogP contribution in [0.5, 0.6) is 5.75 Å². The number of hydrogen-bond acceptors (Lipinski definition) is 4. The van der Waals surface area contributed by atoms with E-state index < -0.39 is 0 Å². The van der Waals surface area contributed by atoms with Gasteiger partial charge >= 0.3 is 0 Å². The Hall–Kier alpha value is -1.98. The zero-order valence-electron chi connectivity index (χ0n) is 15.2. The van der Waals surface area contributed by atoms with Crippen LogP contribution < -0.4 is 4.74 Å². The number of rotatable bonds is 7. The van der Waals surface area contributed by atoms with Crippen LogP contribution in [0, 0.1) is 13.8 Å². The Morgan fingerprint density at radius 1 is 1.08 bits per heavy atom. The van der Waals surface area contributed by atoms with Gasteiger partial charge in [-0.3, -0.25) is 0 Å². The Balaban J connectivity index is 1.67. The third-order valence-electron chi connectivity index (χ3n) is 4.15. The summed E-state index contributed by atoms with van der Waals surface area (Å²) in [5.41, 5.74) is 3.91. The second kappa shape index (κ2) is 8.60. The highest BCUT2D eigenvalue weighted by atomic mass is 35.5. The maximum atomic E-state index is 5.90. The van der Waals surface area contributed by atoms with Gasteiger partial charge < -0.3 is 9.30 Å². The van der Waals surface area contributed by atoms with Gasteiger partial charge in [0, 0.05) is 17.3 Å². The Bertz CT molecular complexity index is 877. The van der Waals surface area contributed by atoms with Crippen molar-refractivity contribution < 1.29 is 4.74 Å². The molecule has 0 bridgehead atoms. The van der Waals surface area contributed by atoms with Gasteiger partial charge in [0.2, 0.25) is 0 Å². The zero-order valence-corrected chi connectivity index (χ0v) is 16.8. The summed E-state index contributed by atoms with van der Waals surface area (Å²) in [6.45, 7) is 7.55. The number of ether oxygens (including phenoxy) is 1. The minimum Gasteiger partial charge on any atom is -0.486 e. The molecule has 4 nitrogen and oxygen atoms in total. The van der Waals surface area contributed by atoms with E-state index in [0.29, 0.717) is 11.6 Å². The van der Waals surface area contributed by atoms with Gasteiger partial charge in [-0.2, -0.15) is 0 Å². The van der Waals surface area contributed by atoms with Crippen LogP contribution >= 0.6 is 23.4 Å². The number of thioether (sulfide) groups is 1.